The molecule has 4 saturated carbocycles. The molecule has 204 valence electrons. The van der Waals surface area contributed by atoms with Crippen LogP contribution in [0, 0.1) is 52.3 Å². The van der Waals surface area contributed by atoms with Crippen molar-refractivity contribution in [2.75, 3.05) is 0 Å². The zero-order chi connectivity index (χ0) is 26.4. The molecule has 0 aliphatic heterocycles. The van der Waals surface area contributed by atoms with E-state index >= 15 is 0 Å². The summed E-state index contributed by atoms with van der Waals surface area (Å²) in [6, 6.07) is -0.829. The molecular weight excluding hydrogens is 454 g/mol. The molecule has 0 spiro atoms. The van der Waals surface area contributed by atoms with Crippen LogP contribution in [0.25, 0.3) is 0 Å². The number of nitrogens with one attached hydrogen (secondary N) is 1. The van der Waals surface area contributed by atoms with Crippen molar-refractivity contribution in [1.82, 2.24) is 5.32 Å². The smallest absolute Gasteiger partial charge is 0.326 e. The number of rotatable bonds is 8. The molecule has 7 unspecified atom stereocenters. The predicted octanol–water partition coefficient (Wildman–Crippen LogP) is 5.22. The van der Waals surface area contributed by atoms with Crippen molar-refractivity contribution in [1.29, 1.82) is 0 Å². The number of carbonyl (C=O) groups is 3. The third-order valence-corrected chi connectivity index (χ3v) is 11.8. The van der Waals surface area contributed by atoms with Gasteiger partial charge in [0.25, 0.3) is 0 Å². The van der Waals surface area contributed by atoms with E-state index in [1.807, 2.05) is 13.8 Å². The van der Waals surface area contributed by atoms with Gasteiger partial charge in [0, 0.05) is 18.8 Å². The van der Waals surface area contributed by atoms with Crippen molar-refractivity contribution in [2.24, 2.45) is 52.3 Å². The predicted molar refractivity (Wildman–Crippen MR) is 139 cm³/mol. The summed E-state index contributed by atoms with van der Waals surface area (Å²) in [4.78, 5) is 37.8. The topological polar surface area (TPSA) is 104 Å². The molecule has 4 aliphatic carbocycles. The average Bonchev–Trinajstić information content (AvgIpc) is 3.18. The fraction of sp³-hybridized carbons (Fsp3) is 0.900. The number of aliphatic hydroxyl groups is 1. The molecule has 0 aromatic rings. The number of hydrogen-bond donors (Lipinski definition) is 3. The van der Waals surface area contributed by atoms with Gasteiger partial charge in [-0.1, -0.05) is 41.0 Å². The number of ketones is 1. The number of carboxylic acid groups (broad SMARTS) is 1. The van der Waals surface area contributed by atoms with Gasteiger partial charge >= 0.3 is 5.97 Å². The van der Waals surface area contributed by atoms with E-state index < -0.39 is 12.0 Å². The Labute approximate surface area is 217 Å². The van der Waals surface area contributed by atoms with Crippen molar-refractivity contribution in [2.45, 2.75) is 117 Å². The molecule has 36 heavy (non-hydrogen) atoms. The van der Waals surface area contributed by atoms with Gasteiger partial charge in [-0.2, -0.15) is 0 Å². The molecule has 4 aliphatic rings. The summed E-state index contributed by atoms with van der Waals surface area (Å²) in [5.41, 5.74) is 0.307. The zero-order valence-electron chi connectivity index (χ0n) is 23.1. The molecule has 0 aromatic carbocycles. The number of fused-ring (bicyclic) bond motifs is 5. The highest BCUT2D eigenvalue weighted by Crippen LogP contribution is 2.67. The minimum absolute atomic E-state index is 0.101. The lowest BCUT2D eigenvalue weighted by molar-refractivity contribution is -0.160. The molecule has 4 fully saturated rings. The Morgan fingerprint density at radius 3 is 2.39 bits per heavy atom. The highest BCUT2D eigenvalue weighted by molar-refractivity contribution is 5.84. The van der Waals surface area contributed by atoms with Gasteiger partial charge in [0.2, 0.25) is 5.91 Å². The highest BCUT2D eigenvalue weighted by atomic mass is 16.4. The molecule has 0 heterocycles. The fourth-order valence-corrected chi connectivity index (χ4v) is 9.37. The van der Waals surface area contributed by atoms with Gasteiger partial charge in [0.15, 0.2) is 0 Å². The Balaban J connectivity index is 1.41. The number of Topliss-reactive ketones (excluding diaryl/α,β-unsaturated/α-hetero) is 1. The SMILES string of the molecule is CC[C@@H](C)[C@H](NC(=O)CCC(C)C1CCC2C3C(=O)C[C@@H]4C[C@H](O)CCC4(C)C3CCC12C)C(=O)O. The third kappa shape index (κ3) is 4.76. The van der Waals surface area contributed by atoms with Crippen LogP contribution in [0.15, 0.2) is 0 Å². The second-order valence-electron chi connectivity index (χ2n) is 13.6. The lowest BCUT2D eigenvalue weighted by Gasteiger charge is -2.60. The molecule has 0 bridgehead atoms. The van der Waals surface area contributed by atoms with E-state index in [0.717, 1.165) is 51.4 Å². The van der Waals surface area contributed by atoms with Gasteiger partial charge in [0.05, 0.1) is 6.10 Å². The van der Waals surface area contributed by atoms with Crippen LogP contribution in [0.2, 0.25) is 0 Å². The summed E-state index contributed by atoms with van der Waals surface area (Å²) >= 11 is 0. The Morgan fingerprint density at radius 1 is 1.06 bits per heavy atom. The lowest BCUT2D eigenvalue weighted by Crippen LogP contribution is -2.57. The Morgan fingerprint density at radius 2 is 1.72 bits per heavy atom. The van der Waals surface area contributed by atoms with Crippen molar-refractivity contribution in [3.05, 3.63) is 0 Å². The summed E-state index contributed by atoms with van der Waals surface area (Å²) < 4.78 is 0. The van der Waals surface area contributed by atoms with Gasteiger partial charge in [0.1, 0.15) is 11.8 Å². The van der Waals surface area contributed by atoms with Crippen LogP contribution in [-0.2, 0) is 14.4 Å². The Hall–Kier alpha value is -1.43. The summed E-state index contributed by atoms with van der Waals surface area (Å²) in [7, 11) is 0. The molecule has 11 atom stereocenters. The first-order valence-corrected chi connectivity index (χ1v) is 14.6. The zero-order valence-corrected chi connectivity index (χ0v) is 23.1. The van der Waals surface area contributed by atoms with E-state index in [1.54, 1.807) is 0 Å². The van der Waals surface area contributed by atoms with Crippen LogP contribution >= 0.6 is 0 Å². The van der Waals surface area contributed by atoms with E-state index in [9.17, 15) is 24.6 Å². The van der Waals surface area contributed by atoms with Crippen LogP contribution in [0.1, 0.15) is 105 Å². The van der Waals surface area contributed by atoms with Gasteiger partial charge in [-0.15, -0.1) is 0 Å². The molecule has 3 N–H and O–H groups in total. The number of hydrogen-bond acceptors (Lipinski definition) is 4. The van der Waals surface area contributed by atoms with E-state index in [-0.39, 0.29) is 34.7 Å². The molecule has 6 nitrogen and oxygen atoms in total. The first-order valence-electron chi connectivity index (χ1n) is 14.6. The second kappa shape index (κ2) is 10.4. The monoisotopic (exact) mass is 503 g/mol. The van der Waals surface area contributed by atoms with E-state index in [4.69, 9.17) is 0 Å². The van der Waals surface area contributed by atoms with Crippen LogP contribution in [-0.4, -0.2) is 40.0 Å². The molecule has 0 saturated heterocycles. The van der Waals surface area contributed by atoms with Crippen molar-refractivity contribution in [3.63, 3.8) is 0 Å². The van der Waals surface area contributed by atoms with Crippen LogP contribution in [0.3, 0.4) is 0 Å². The minimum atomic E-state index is -0.964. The maximum absolute atomic E-state index is 13.6. The van der Waals surface area contributed by atoms with Crippen LogP contribution in [0.4, 0.5) is 0 Å². The number of amides is 1. The first-order chi connectivity index (χ1) is 16.9. The van der Waals surface area contributed by atoms with Crippen molar-refractivity contribution < 1.29 is 24.6 Å². The first kappa shape index (κ1) is 27.6. The Kier molecular flexibility index (Phi) is 7.96. The van der Waals surface area contributed by atoms with Gasteiger partial charge in [-0.05, 0) is 97.7 Å². The maximum Gasteiger partial charge on any atom is 0.326 e. The van der Waals surface area contributed by atoms with Crippen molar-refractivity contribution in [3.8, 4) is 0 Å². The number of carboxylic acids is 1. The van der Waals surface area contributed by atoms with Crippen LogP contribution < -0.4 is 5.32 Å². The normalized spacial score (nSPS) is 42.4. The fourth-order valence-electron chi connectivity index (χ4n) is 9.37. The lowest BCUT2D eigenvalue weighted by atomic mass is 9.44. The summed E-state index contributed by atoms with van der Waals surface area (Å²) in [5.74, 6) is 1.44. The quantitative estimate of drug-likeness (QED) is 0.421. The summed E-state index contributed by atoms with van der Waals surface area (Å²) in [6.45, 7) is 10.9. The molecule has 0 radical (unpaired) electrons. The Bertz CT molecular complexity index is 858. The summed E-state index contributed by atoms with van der Waals surface area (Å²) in [5, 5.41) is 22.5. The van der Waals surface area contributed by atoms with E-state index in [2.05, 4.69) is 26.1 Å². The van der Waals surface area contributed by atoms with Gasteiger partial charge in [-0.25, -0.2) is 4.79 Å². The minimum Gasteiger partial charge on any atom is -0.480 e. The van der Waals surface area contributed by atoms with Crippen molar-refractivity contribution >= 4 is 17.7 Å². The molecule has 4 rings (SSSR count). The molecule has 0 aromatic heterocycles. The highest BCUT2D eigenvalue weighted by Gasteiger charge is 2.63. The number of aliphatic hydroxyl groups excluding tert-OH is 1. The van der Waals surface area contributed by atoms with Gasteiger partial charge in [-0.3, -0.25) is 9.59 Å². The third-order valence-electron chi connectivity index (χ3n) is 11.8. The van der Waals surface area contributed by atoms with Crippen LogP contribution in [0.5, 0.6) is 0 Å². The van der Waals surface area contributed by atoms with E-state index in [0.29, 0.717) is 54.6 Å². The average molecular weight is 504 g/mol. The molecule has 6 heteroatoms. The second-order valence-corrected chi connectivity index (χ2v) is 13.6. The number of carbonyl (C=O) groups excluding carboxylic acids is 2. The summed E-state index contributed by atoms with van der Waals surface area (Å²) in [6.07, 6.45) is 9.37. The number of aliphatic carboxylic acids is 1. The maximum atomic E-state index is 13.6. The molecule has 1 amide bonds. The van der Waals surface area contributed by atoms with E-state index in [1.165, 1.54) is 0 Å². The van der Waals surface area contributed by atoms with Gasteiger partial charge < -0.3 is 15.5 Å². The standard InChI is InChI=1S/C30H49NO5/c1-6-17(2)27(28(35)36)31-25(34)10-7-18(3)21-8-9-22-26-23(12-14-30(21,22)5)29(4)13-11-20(32)15-19(29)16-24(26)33/h17-23,26-27,32H,6-16H2,1-5H3,(H,31,34)(H,35,36)/t17-,18?,19+,20-,21?,22?,23?,26?,27+,29?,30?/m1/s1. The largest absolute Gasteiger partial charge is 0.480 e. The molecular formula is C30H49NO5.